The number of benzene rings is 1. The largest absolute Gasteiger partial charge is 0.481 e. The molecule has 84 valence electrons. The average molecular weight is 287 g/mol. The third kappa shape index (κ3) is 4.07. The van der Waals surface area contributed by atoms with Gasteiger partial charge in [-0.05, 0) is 17.7 Å². The van der Waals surface area contributed by atoms with Crippen molar-refractivity contribution in [3.05, 3.63) is 29.6 Å². The minimum atomic E-state index is -4.46. The molecular weight excluding hydrogens is 280 g/mol. The molecular formula is C9H7BrF4O. The van der Waals surface area contributed by atoms with Gasteiger partial charge in [-0.1, -0.05) is 22.0 Å². The molecule has 0 atom stereocenters. The maximum Gasteiger partial charge on any atom is 0.422 e. The van der Waals surface area contributed by atoms with Crippen molar-refractivity contribution in [1.29, 1.82) is 0 Å². The van der Waals surface area contributed by atoms with E-state index in [-0.39, 0.29) is 0 Å². The van der Waals surface area contributed by atoms with Gasteiger partial charge in [0.15, 0.2) is 18.2 Å². The first-order chi connectivity index (χ1) is 6.92. The molecule has 0 aliphatic carbocycles. The van der Waals surface area contributed by atoms with Crippen LogP contribution in [0.1, 0.15) is 5.56 Å². The van der Waals surface area contributed by atoms with Gasteiger partial charge in [0.05, 0.1) is 0 Å². The van der Waals surface area contributed by atoms with Gasteiger partial charge >= 0.3 is 6.18 Å². The molecule has 0 heterocycles. The van der Waals surface area contributed by atoms with Gasteiger partial charge < -0.3 is 4.74 Å². The molecule has 0 aliphatic heterocycles. The van der Waals surface area contributed by atoms with Crippen LogP contribution >= 0.6 is 15.9 Å². The monoisotopic (exact) mass is 286 g/mol. The van der Waals surface area contributed by atoms with Crippen LogP contribution in [0.5, 0.6) is 5.75 Å². The summed E-state index contributed by atoms with van der Waals surface area (Å²) in [5.74, 6) is -1.19. The Morgan fingerprint density at radius 1 is 1.27 bits per heavy atom. The Morgan fingerprint density at radius 3 is 2.40 bits per heavy atom. The summed E-state index contributed by atoms with van der Waals surface area (Å²) >= 11 is 3.10. The zero-order valence-electron chi connectivity index (χ0n) is 7.44. The van der Waals surface area contributed by atoms with E-state index in [0.29, 0.717) is 10.9 Å². The Hall–Kier alpha value is -0.780. The molecule has 0 aromatic heterocycles. The van der Waals surface area contributed by atoms with E-state index in [9.17, 15) is 17.6 Å². The summed E-state index contributed by atoms with van der Waals surface area (Å²) in [5.41, 5.74) is 0.631. The predicted molar refractivity (Wildman–Crippen MR) is 50.6 cm³/mol. The summed E-state index contributed by atoms with van der Waals surface area (Å²) in [4.78, 5) is 0. The summed E-state index contributed by atoms with van der Waals surface area (Å²) < 4.78 is 52.7. The number of rotatable bonds is 3. The normalized spacial score (nSPS) is 11.5. The highest BCUT2D eigenvalue weighted by atomic mass is 79.9. The van der Waals surface area contributed by atoms with Gasteiger partial charge in [0.2, 0.25) is 0 Å². The summed E-state index contributed by atoms with van der Waals surface area (Å²) in [6.45, 7) is -1.49. The van der Waals surface area contributed by atoms with Gasteiger partial charge in [-0.25, -0.2) is 4.39 Å². The lowest BCUT2D eigenvalue weighted by molar-refractivity contribution is -0.153. The molecule has 1 nitrogen and oxygen atoms in total. The van der Waals surface area contributed by atoms with Crippen molar-refractivity contribution in [3.8, 4) is 5.75 Å². The zero-order valence-corrected chi connectivity index (χ0v) is 9.03. The summed E-state index contributed by atoms with van der Waals surface area (Å²) in [7, 11) is 0. The predicted octanol–water partition coefficient (Wildman–Crippen LogP) is 3.66. The Kier molecular flexibility index (Phi) is 3.96. The number of ether oxygens (including phenoxy) is 1. The quantitative estimate of drug-likeness (QED) is 0.609. The van der Waals surface area contributed by atoms with Crippen LogP contribution in [0, 0.1) is 5.82 Å². The topological polar surface area (TPSA) is 9.23 Å². The minimum absolute atomic E-state index is 0.392. The van der Waals surface area contributed by atoms with Crippen molar-refractivity contribution in [3.63, 3.8) is 0 Å². The van der Waals surface area contributed by atoms with Crippen molar-refractivity contribution in [2.24, 2.45) is 0 Å². The zero-order chi connectivity index (χ0) is 11.5. The van der Waals surface area contributed by atoms with E-state index in [1.807, 2.05) is 0 Å². The minimum Gasteiger partial charge on any atom is -0.481 e. The van der Waals surface area contributed by atoms with Crippen LogP contribution in [0.2, 0.25) is 0 Å². The molecule has 0 radical (unpaired) electrons. The fourth-order valence-electron chi connectivity index (χ4n) is 0.904. The number of alkyl halides is 4. The van der Waals surface area contributed by atoms with Gasteiger partial charge in [0.1, 0.15) is 0 Å². The first-order valence-electron chi connectivity index (χ1n) is 3.96. The fraction of sp³-hybridized carbons (Fsp3) is 0.333. The smallest absolute Gasteiger partial charge is 0.422 e. The summed E-state index contributed by atoms with van der Waals surface area (Å²) in [6, 6.07) is 3.79. The highest BCUT2D eigenvalue weighted by molar-refractivity contribution is 9.08. The highest BCUT2D eigenvalue weighted by Gasteiger charge is 2.28. The third-order valence-corrected chi connectivity index (χ3v) is 2.19. The molecule has 0 spiro atoms. The second-order valence-corrected chi connectivity index (χ2v) is 3.36. The molecule has 1 rings (SSSR count). The Labute approximate surface area is 92.2 Å². The lowest BCUT2D eigenvalue weighted by atomic mass is 10.2. The molecule has 0 amide bonds. The van der Waals surface area contributed by atoms with Crippen LogP contribution in [-0.2, 0) is 5.33 Å². The van der Waals surface area contributed by atoms with Crippen molar-refractivity contribution in [2.75, 3.05) is 6.61 Å². The Morgan fingerprint density at radius 2 is 1.93 bits per heavy atom. The van der Waals surface area contributed by atoms with Crippen molar-refractivity contribution in [1.82, 2.24) is 0 Å². The van der Waals surface area contributed by atoms with Gasteiger partial charge in [-0.3, -0.25) is 0 Å². The van der Waals surface area contributed by atoms with E-state index in [1.165, 1.54) is 12.1 Å². The third-order valence-electron chi connectivity index (χ3n) is 1.54. The molecule has 0 bridgehead atoms. The number of hydrogen-bond donors (Lipinski definition) is 0. The standard InChI is InChI=1S/C9H7BrF4O/c10-4-6-1-2-8(7(11)3-6)15-5-9(12,13)14/h1-3H,4-5H2. The lowest BCUT2D eigenvalue weighted by Gasteiger charge is -2.10. The van der Waals surface area contributed by atoms with Crippen LogP contribution in [0.25, 0.3) is 0 Å². The van der Waals surface area contributed by atoms with Crippen LogP contribution < -0.4 is 4.74 Å². The van der Waals surface area contributed by atoms with Crippen LogP contribution in [0.15, 0.2) is 18.2 Å². The fourth-order valence-corrected chi connectivity index (χ4v) is 1.25. The van der Waals surface area contributed by atoms with Crippen LogP contribution in [0.3, 0.4) is 0 Å². The van der Waals surface area contributed by atoms with Crippen LogP contribution in [-0.4, -0.2) is 12.8 Å². The molecule has 1 aromatic rings. The molecule has 0 fully saturated rings. The van der Waals surface area contributed by atoms with Gasteiger partial charge in [-0.15, -0.1) is 0 Å². The van der Waals surface area contributed by atoms with Crippen molar-refractivity contribution in [2.45, 2.75) is 11.5 Å². The van der Waals surface area contributed by atoms with Crippen LogP contribution in [0.4, 0.5) is 17.6 Å². The molecule has 0 saturated carbocycles. The first kappa shape index (κ1) is 12.3. The molecule has 0 unspecified atom stereocenters. The SMILES string of the molecule is Fc1cc(CBr)ccc1OCC(F)(F)F. The van der Waals surface area contributed by atoms with E-state index in [0.717, 1.165) is 6.07 Å². The van der Waals surface area contributed by atoms with Gasteiger partial charge in [-0.2, -0.15) is 13.2 Å². The Balaban J connectivity index is 2.70. The second-order valence-electron chi connectivity index (χ2n) is 2.80. The van der Waals surface area contributed by atoms with E-state index in [2.05, 4.69) is 20.7 Å². The van der Waals surface area contributed by atoms with Crippen molar-refractivity contribution >= 4 is 15.9 Å². The molecule has 0 saturated heterocycles. The van der Waals surface area contributed by atoms with E-state index < -0.39 is 24.3 Å². The van der Waals surface area contributed by atoms with E-state index >= 15 is 0 Å². The number of halogens is 5. The molecule has 0 aliphatic rings. The molecule has 1 aromatic carbocycles. The molecule has 6 heteroatoms. The Bertz CT molecular complexity index is 337. The average Bonchev–Trinajstić information content (AvgIpc) is 2.14. The maximum atomic E-state index is 13.1. The van der Waals surface area contributed by atoms with E-state index in [4.69, 9.17) is 0 Å². The van der Waals surface area contributed by atoms with E-state index in [1.54, 1.807) is 0 Å². The highest BCUT2D eigenvalue weighted by Crippen LogP contribution is 2.22. The maximum absolute atomic E-state index is 13.1. The van der Waals surface area contributed by atoms with Gasteiger partial charge in [0.25, 0.3) is 0 Å². The number of hydrogen-bond acceptors (Lipinski definition) is 1. The first-order valence-corrected chi connectivity index (χ1v) is 5.08. The van der Waals surface area contributed by atoms with Crippen molar-refractivity contribution < 1.29 is 22.3 Å². The lowest BCUT2D eigenvalue weighted by Crippen LogP contribution is -2.19. The summed E-state index contributed by atoms with van der Waals surface area (Å²) in [5, 5.41) is 0.434. The van der Waals surface area contributed by atoms with Gasteiger partial charge in [0, 0.05) is 5.33 Å². The molecule has 0 N–H and O–H groups in total. The molecule has 15 heavy (non-hydrogen) atoms. The second kappa shape index (κ2) is 4.83. The summed E-state index contributed by atoms with van der Waals surface area (Å²) in [6.07, 6.45) is -4.46.